The van der Waals surface area contributed by atoms with Crippen molar-refractivity contribution in [2.75, 3.05) is 0 Å². The highest BCUT2D eigenvalue weighted by atomic mass is 16.6. The van der Waals surface area contributed by atoms with Crippen LogP contribution in [0.1, 0.15) is 35.2 Å². The van der Waals surface area contributed by atoms with Gasteiger partial charge in [0.15, 0.2) is 0 Å². The number of carboxylic acids is 1. The van der Waals surface area contributed by atoms with Gasteiger partial charge in [0.1, 0.15) is 5.54 Å². The van der Waals surface area contributed by atoms with Crippen LogP contribution < -0.4 is 5.32 Å². The summed E-state index contributed by atoms with van der Waals surface area (Å²) in [5.74, 6) is -1.66. The molecular weight excluding hydrogens is 264 g/mol. The van der Waals surface area contributed by atoms with Gasteiger partial charge in [-0.1, -0.05) is 6.07 Å². The van der Waals surface area contributed by atoms with Gasteiger partial charge < -0.3 is 10.4 Å². The molecule has 1 aliphatic rings. The van der Waals surface area contributed by atoms with E-state index in [2.05, 4.69) is 5.32 Å². The summed E-state index contributed by atoms with van der Waals surface area (Å²) in [6.07, 6.45) is 1.49. The number of carboxylic acid groups (broad SMARTS) is 1. The van der Waals surface area contributed by atoms with Crippen LogP contribution in [-0.2, 0) is 4.79 Å². The Morgan fingerprint density at radius 1 is 1.40 bits per heavy atom. The van der Waals surface area contributed by atoms with Crippen LogP contribution in [0, 0.1) is 17.0 Å². The standard InChI is InChI=1S/C13H14N2O5/c1-8-9(4-2-5-10(8)15(19)20)11(16)14-13(12(17)18)6-3-7-13/h2,4-5H,3,6-7H2,1H3,(H,14,16)(H,17,18). The predicted octanol–water partition coefficient (Wildman–Crippen LogP) is 1.64. The third-order valence-electron chi connectivity index (χ3n) is 3.72. The zero-order chi connectivity index (χ0) is 14.9. The molecule has 0 aromatic heterocycles. The van der Waals surface area contributed by atoms with Gasteiger partial charge in [-0.2, -0.15) is 0 Å². The lowest BCUT2D eigenvalue weighted by molar-refractivity contribution is -0.385. The minimum Gasteiger partial charge on any atom is -0.480 e. The molecular formula is C13H14N2O5. The van der Waals surface area contributed by atoms with Crippen molar-refractivity contribution < 1.29 is 19.6 Å². The molecule has 0 radical (unpaired) electrons. The Morgan fingerprint density at radius 2 is 2.05 bits per heavy atom. The second-order valence-electron chi connectivity index (χ2n) is 4.90. The fourth-order valence-corrected chi connectivity index (χ4v) is 2.27. The number of hydrogen-bond donors (Lipinski definition) is 2. The molecule has 0 atom stereocenters. The number of aliphatic carboxylic acids is 1. The molecule has 0 saturated heterocycles. The van der Waals surface area contributed by atoms with E-state index in [1.54, 1.807) is 0 Å². The Balaban J connectivity index is 2.28. The molecule has 1 aromatic rings. The molecule has 1 amide bonds. The molecule has 2 rings (SSSR count). The van der Waals surface area contributed by atoms with Crippen LogP contribution in [0.5, 0.6) is 0 Å². The van der Waals surface area contributed by atoms with Crippen molar-refractivity contribution in [2.45, 2.75) is 31.7 Å². The number of nitrogens with zero attached hydrogens (tertiary/aromatic N) is 1. The first-order valence-electron chi connectivity index (χ1n) is 6.17. The number of nitrogens with one attached hydrogen (secondary N) is 1. The summed E-state index contributed by atoms with van der Waals surface area (Å²) < 4.78 is 0. The van der Waals surface area contributed by atoms with Gasteiger partial charge in [-0.3, -0.25) is 14.9 Å². The number of rotatable bonds is 4. The molecule has 0 aliphatic heterocycles. The van der Waals surface area contributed by atoms with Gasteiger partial charge in [-0.05, 0) is 32.3 Å². The van der Waals surface area contributed by atoms with Crippen LogP contribution in [0.3, 0.4) is 0 Å². The summed E-state index contributed by atoms with van der Waals surface area (Å²) >= 11 is 0. The maximum absolute atomic E-state index is 12.2. The summed E-state index contributed by atoms with van der Waals surface area (Å²) in [5.41, 5.74) is -1.02. The fraction of sp³-hybridized carbons (Fsp3) is 0.385. The van der Waals surface area contributed by atoms with Crippen molar-refractivity contribution in [3.05, 3.63) is 39.4 Å². The Morgan fingerprint density at radius 3 is 2.50 bits per heavy atom. The van der Waals surface area contributed by atoms with E-state index in [4.69, 9.17) is 5.11 Å². The first-order chi connectivity index (χ1) is 9.37. The molecule has 0 unspecified atom stereocenters. The first-order valence-corrected chi connectivity index (χ1v) is 6.17. The van der Waals surface area contributed by atoms with Gasteiger partial charge in [-0.15, -0.1) is 0 Å². The highest BCUT2D eigenvalue weighted by molar-refractivity contribution is 6.00. The van der Waals surface area contributed by atoms with Crippen molar-refractivity contribution in [3.8, 4) is 0 Å². The SMILES string of the molecule is Cc1c(C(=O)NC2(C(=O)O)CCC2)cccc1[N+](=O)[O-]. The second-order valence-corrected chi connectivity index (χ2v) is 4.90. The molecule has 106 valence electrons. The number of benzene rings is 1. The lowest BCUT2D eigenvalue weighted by Gasteiger charge is -2.38. The molecule has 7 nitrogen and oxygen atoms in total. The Bertz CT molecular complexity index is 592. The van der Waals surface area contributed by atoms with Gasteiger partial charge >= 0.3 is 5.97 Å². The van der Waals surface area contributed by atoms with Gasteiger partial charge in [0.25, 0.3) is 11.6 Å². The van der Waals surface area contributed by atoms with Crippen molar-refractivity contribution in [1.29, 1.82) is 0 Å². The Labute approximate surface area is 114 Å². The fourth-order valence-electron chi connectivity index (χ4n) is 2.27. The minimum absolute atomic E-state index is 0.131. The van der Waals surface area contributed by atoms with E-state index < -0.39 is 22.3 Å². The van der Waals surface area contributed by atoms with Crippen LogP contribution in [0.4, 0.5) is 5.69 Å². The van der Waals surface area contributed by atoms with Gasteiger partial charge in [-0.25, -0.2) is 4.79 Å². The lowest BCUT2D eigenvalue weighted by Crippen LogP contribution is -2.59. The summed E-state index contributed by atoms with van der Waals surface area (Å²) in [6, 6.07) is 4.17. The molecule has 1 saturated carbocycles. The van der Waals surface area contributed by atoms with Crippen LogP contribution in [0.25, 0.3) is 0 Å². The molecule has 7 heteroatoms. The maximum Gasteiger partial charge on any atom is 0.329 e. The normalized spacial score (nSPS) is 16.1. The van der Waals surface area contributed by atoms with Crippen molar-refractivity contribution in [3.63, 3.8) is 0 Å². The number of nitro benzene ring substituents is 1. The highest BCUT2D eigenvalue weighted by Gasteiger charge is 2.46. The zero-order valence-corrected chi connectivity index (χ0v) is 10.9. The number of hydrogen-bond acceptors (Lipinski definition) is 4. The molecule has 20 heavy (non-hydrogen) atoms. The smallest absolute Gasteiger partial charge is 0.329 e. The third kappa shape index (κ3) is 2.22. The molecule has 0 spiro atoms. The molecule has 1 aliphatic carbocycles. The van der Waals surface area contributed by atoms with Gasteiger partial charge in [0, 0.05) is 17.2 Å². The van der Waals surface area contributed by atoms with Crippen molar-refractivity contribution >= 4 is 17.6 Å². The quantitative estimate of drug-likeness (QED) is 0.642. The van der Waals surface area contributed by atoms with E-state index in [-0.39, 0.29) is 16.8 Å². The number of nitro groups is 1. The lowest BCUT2D eigenvalue weighted by atomic mass is 9.76. The number of carbonyl (C=O) groups excluding carboxylic acids is 1. The van der Waals surface area contributed by atoms with Crippen LogP contribution in [0.2, 0.25) is 0 Å². The summed E-state index contributed by atoms with van der Waals surface area (Å²) in [5, 5.41) is 22.5. The molecule has 1 aromatic carbocycles. The van der Waals surface area contributed by atoms with E-state index in [1.165, 1.54) is 25.1 Å². The minimum atomic E-state index is -1.23. The largest absolute Gasteiger partial charge is 0.480 e. The van der Waals surface area contributed by atoms with Crippen LogP contribution in [0.15, 0.2) is 18.2 Å². The number of amides is 1. The molecule has 1 fully saturated rings. The van der Waals surface area contributed by atoms with E-state index in [0.29, 0.717) is 12.8 Å². The summed E-state index contributed by atoms with van der Waals surface area (Å²) in [4.78, 5) is 33.6. The summed E-state index contributed by atoms with van der Waals surface area (Å²) in [6.45, 7) is 1.47. The van der Waals surface area contributed by atoms with E-state index >= 15 is 0 Å². The molecule has 0 heterocycles. The highest BCUT2D eigenvalue weighted by Crippen LogP contribution is 2.32. The van der Waals surface area contributed by atoms with E-state index in [1.807, 2.05) is 0 Å². The maximum atomic E-state index is 12.2. The topological polar surface area (TPSA) is 110 Å². The van der Waals surface area contributed by atoms with Crippen molar-refractivity contribution in [2.24, 2.45) is 0 Å². The van der Waals surface area contributed by atoms with Gasteiger partial charge in [0.05, 0.1) is 4.92 Å². The van der Waals surface area contributed by atoms with E-state index in [9.17, 15) is 19.7 Å². The third-order valence-corrected chi connectivity index (χ3v) is 3.72. The zero-order valence-electron chi connectivity index (χ0n) is 10.9. The monoisotopic (exact) mass is 278 g/mol. The Kier molecular flexibility index (Phi) is 3.44. The molecule has 0 bridgehead atoms. The van der Waals surface area contributed by atoms with Crippen LogP contribution in [-0.4, -0.2) is 27.4 Å². The first kappa shape index (κ1) is 14.0. The second kappa shape index (κ2) is 4.92. The van der Waals surface area contributed by atoms with Crippen molar-refractivity contribution in [1.82, 2.24) is 5.32 Å². The average Bonchev–Trinajstić information content (AvgIpc) is 2.32. The predicted molar refractivity (Wildman–Crippen MR) is 69.5 cm³/mol. The molecule has 2 N–H and O–H groups in total. The Hall–Kier alpha value is -2.44. The van der Waals surface area contributed by atoms with Crippen LogP contribution >= 0.6 is 0 Å². The number of carbonyl (C=O) groups is 2. The van der Waals surface area contributed by atoms with E-state index in [0.717, 1.165) is 6.42 Å². The van der Waals surface area contributed by atoms with Gasteiger partial charge in [0.2, 0.25) is 0 Å². The summed E-state index contributed by atoms with van der Waals surface area (Å²) in [7, 11) is 0. The average molecular weight is 278 g/mol.